The molecule has 2 aliphatic rings. The molecule has 1 aliphatic carbocycles. The summed E-state index contributed by atoms with van der Waals surface area (Å²) in [5, 5.41) is 3.16. The molecule has 0 aromatic carbocycles. The van der Waals surface area contributed by atoms with Gasteiger partial charge in [-0.2, -0.15) is 0 Å². The van der Waals surface area contributed by atoms with Gasteiger partial charge in [-0.05, 0) is 31.6 Å². The quantitative estimate of drug-likeness (QED) is 0.729. The Morgan fingerprint density at radius 3 is 2.78 bits per heavy atom. The Labute approximate surface area is 110 Å². The Morgan fingerprint density at radius 2 is 2.06 bits per heavy atom. The van der Waals surface area contributed by atoms with Gasteiger partial charge in [0, 0.05) is 26.2 Å². The maximum absolute atomic E-state index is 12.2. The van der Waals surface area contributed by atoms with E-state index in [1.54, 1.807) is 7.11 Å². The topological polar surface area (TPSA) is 41.6 Å². The summed E-state index contributed by atoms with van der Waals surface area (Å²) in [4.78, 5) is 14.3. The third kappa shape index (κ3) is 3.45. The maximum atomic E-state index is 12.2. The number of methoxy groups -OCH3 is 1. The van der Waals surface area contributed by atoms with E-state index >= 15 is 0 Å². The van der Waals surface area contributed by atoms with E-state index in [2.05, 4.69) is 10.2 Å². The molecule has 1 aliphatic heterocycles. The Balaban J connectivity index is 1.77. The number of ether oxygens (including phenoxy) is 1. The van der Waals surface area contributed by atoms with Crippen LogP contribution < -0.4 is 5.32 Å². The summed E-state index contributed by atoms with van der Waals surface area (Å²) in [6, 6.07) is 0.532. The van der Waals surface area contributed by atoms with Crippen LogP contribution in [0.15, 0.2) is 0 Å². The molecule has 0 spiro atoms. The van der Waals surface area contributed by atoms with Crippen molar-refractivity contribution in [1.82, 2.24) is 10.2 Å². The minimum atomic E-state index is 0.278. The van der Waals surface area contributed by atoms with Gasteiger partial charge in [-0.25, -0.2) is 0 Å². The number of likely N-dealkylation sites (tertiary alicyclic amines) is 1. The number of nitrogens with zero attached hydrogens (tertiary/aromatic N) is 1. The molecule has 1 saturated heterocycles. The number of rotatable bonds is 6. The number of hydrogen-bond donors (Lipinski definition) is 1. The molecule has 4 heteroatoms. The van der Waals surface area contributed by atoms with Gasteiger partial charge in [0.2, 0.25) is 5.91 Å². The maximum Gasteiger partial charge on any atom is 0.236 e. The monoisotopic (exact) mass is 254 g/mol. The van der Waals surface area contributed by atoms with E-state index in [0.717, 1.165) is 19.0 Å². The first-order chi connectivity index (χ1) is 8.83. The van der Waals surface area contributed by atoms with Crippen molar-refractivity contribution in [2.45, 2.75) is 44.6 Å². The highest BCUT2D eigenvalue weighted by molar-refractivity contribution is 5.78. The van der Waals surface area contributed by atoms with Crippen LogP contribution in [0.1, 0.15) is 38.5 Å². The van der Waals surface area contributed by atoms with E-state index < -0.39 is 0 Å². The minimum absolute atomic E-state index is 0.278. The number of amides is 1. The van der Waals surface area contributed by atoms with Crippen LogP contribution in [-0.4, -0.2) is 50.2 Å². The van der Waals surface area contributed by atoms with Gasteiger partial charge in [0.1, 0.15) is 0 Å². The van der Waals surface area contributed by atoms with Crippen LogP contribution in [0.25, 0.3) is 0 Å². The third-order valence-corrected chi connectivity index (χ3v) is 4.32. The van der Waals surface area contributed by atoms with Crippen LogP contribution in [0.4, 0.5) is 0 Å². The molecular formula is C14H26N2O2. The molecule has 0 radical (unpaired) electrons. The molecule has 0 bridgehead atoms. The molecule has 2 fully saturated rings. The minimum Gasteiger partial charge on any atom is -0.383 e. The van der Waals surface area contributed by atoms with Crippen LogP contribution >= 0.6 is 0 Å². The molecular weight excluding hydrogens is 228 g/mol. The first-order valence-corrected chi connectivity index (χ1v) is 7.32. The molecule has 104 valence electrons. The van der Waals surface area contributed by atoms with E-state index in [4.69, 9.17) is 4.74 Å². The molecule has 1 amide bonds. The van der Waals surface area contributed by atoms with Crippen LogP contribution in [0.5, 0.6) is 0 Å². The fourth-order valence-electron chi connectivity index (χ4n) is 3.41. The lowest BCUT2D eigenvalue weighted by Gasteiger charge is -2.29. The van der Waals surface area contributed by atoms with Crippen LogP contribution in [0.2, 0.25) is 0 Å². The summed E-state index contributed by atoms with van der Waals surface area (Å²) in [6.07, 6.45) is 7.77. The number of carbonyl (C=O) groups is 1. The summed E-state index contributed by atoms with van der Waals surface area (Å²) in [5.41, 5.74) is 0. The molecule has 0 aromatic rings. The van der Waals surface area contributed by atoms with E-state index in [-0.39, 0.29) is 5.91 Å². The molecule has 18 heavy (non-hydrogen) atoms. The molecule has 4 nitrogen and oxygen atoms in total. The van der Waals surface area contributed by atoms with Crippen LogP contribution in [0, 0.1) is 5.92 Å². The smallest absolute Gasteiger partial charge is 0.236 e. The summed E-state index contributed by atoms with van der Waals surface area (Å²) in [7, 11) is 1.68. The fourth-order valence-corrected chi connectivity index (χ4v) is 3.41. The predicted octanol–water partition coefficient (Wildman–Crippen LogP) is 1.40. The zero-order chi connectivity index (χ0) is 12.8. The number of carbonyl (C=O) groups excluding carboxylic acids is 1. The number of hydrogen-bond acceptors (Lipinski definition) is 3. The normalized spacial score (nSPS) is 24.9. The first kappa shape index (κ1) is 13.8. The summed E-state index contributed by atoms with van der Waals surface area (Å²) < 4.78 is 4.96. The van der Waals surface area contributed by atoms with Crippen molar-refractivity contribution in [3.63, 3.8) is 0 Å². The van der Waals surface area contributed by atoms with Crippen molar-refractivity contribution in [3.05, 3.63) is 0 Å². The van der Waals surface area contributed by atoms with Crippen molar-refractivity contribution in [3.8, 4) is 0 Å². The lowest BCUT2D eigenvalue weighted by Crippen LogP contribution is -2.44. The Morgan fingerprint density at radius 1 is 1.28 bits per heavy atom. The van der Waals surface area contributed by atoms with Gasteiger partial charge in [-0.15, -0.1) is 0 Å². The van der Waals surface area contributed by atoms with Crippen molar-refractivity contribution in [1.29, 1.82) is 0 Å². The van der Waals surface area contributed by atoms with Crippen molar-refractivity contribution in [2.75, 3.05) is 33.4 Å². The van der Waals surface area contributed by atoms with Gasteiger partial charge in [-0.1, -0.05) is 12.8 Å². The van der Waals surface area contributed by atoms with Crippen LogP contribution in [-0.2, 0) is 9.53 Å². The highest BCUT2D eigenvalue weighted by Crippen LogP contribution is 2.35. The van der Waals surface area contributed by atoms with Crippen LogP contribution in [0.3, 0.4) is 0 Å². The second-order valence-electron chi connectivity index (χ2n) is 5.51. The molecule has 0 aromatic heterocycles. The van der Waals surface area contributed by atoms with Gasteiger partial charge in [-0.3, -0.25) is 4.79 Å². The molecule has 2 rings (SSSR count). The molecule has 1 atom stereocenters. The summed E-state index contributed by atoms with van der Waals surface area (Å²) in [5.74, 6) is 1.05. The van der Waals surface area contributed by atoms with Gasteiger partial charge in [0.05, 0.1) is 13.2 Å². The Kier molecular flexibility index (Phi) is 5.45. The predicted molar refractivity (Wildman–Crippen MR) is 71.4 cm³/mol. The fraction of sp³-hybridized carbons (Fsp3) is 0.929. The lowest BCUT2D eigenvalue weighted by molar-refractivity contribution is -0.132. The summed E-state index contributed by atoms with van der Waals surface area (Å²) >= 11 is 0. The second kappa shape index (κ2) is 7.10. The first-order valence-electron chi connectivity index (χ1n) is 7.32. The van der Waals surface area contributed by atoms with E-state index in [1.807, 2.05) is 0 Å². The Hall–Kier alpha value is -0.610. The van der Waals surface area contributed by atoms with Crippen molar-refractivity contribution < 1.29 is 9.53 Å². The molecule has 1 heterocycles. The SMILES string of the molecule is COCCNCC(=O)N1CCCC1C1CCCC1. The van der Waals surface area contributed by atoms with E-state index in [1.165, 1.54) is 38.5 Å². The number of nitrogens with one attached hydrogen (secondary N) is 1. The van der Waals surface area contributed by atoms with E-state index in [9.17, 15) is 4.79 Å². The molecule has 1 N–H and O–H groups in total. The van der Waals surface area contributed by atoms with Gasteiger partial charge in [0.25, 0.3) is 0 Å². The molecule has 1 saturated carbocycles. The molecule has 1 unspecified atom stereocenters. The van der Waals surface area contributed by atoms with Gasteiger partial charge in [0.15, 0.2) is 0 Å². The third-order valence-electron chi connectivity index (χ3n) is 4.32. The second-order valence-corrected chi connectivity index (χ2v) is 5.51. The average Bonchev–Trinajstić information content (AvgIpc) is 3.02. The van der Waals surface area contributed by atoms with Crippen molar-refractivity contribution in [2.24, 2.45) is 5.92 Å². The average molecular weight is 254 g/mol. The summed E-state index contributed by atoms with van der Waals surface area (Å²) in [6.45, 7) is 2.85. The van der Waals surface area contributed by atoms with E-state index in [0.29, 0.717) is 19.2 Å². The highest BCUT2D eigenvalue weighted by atomic mass is 16.5. The van der Waals surface area contributed by atoms with Crippen molar-refractivity contribution >= 4 is 5.91 Å². The Bertz CT molecular complexity index is 265. The zero-order valence-electron chi connectivity index (χ0n) is 11.5. The largest absolute Gasteiger partial charge is 0.383 e. The highest BCUT2D eigenvalue weighted by Gasteiger charge is 2.35. The zero-order valence-corrected chi connectivity index (χ0v) is 11.5. The van der Waals surface area contributed by atoms with Gasteiger partial charge < -0.3 is 15.0 Å². The standard InChI is InChI=1S/C14H26N2O2/c1-18-10-8-15-11-14(17)16-9-4-7-13(16)12-5-2-3-6-12/h12-13,15H,2-11H2,1H3. The van der Waals surface area contributed by atoms with Gasteiger partial charge >= 0.3 is 0 Å². The lowest BCUT2D eigenvalue weighted by atomic mass is 9.96.